The van der Waals surface area contributed by atoms with Gasteiger partial charge in [0.15, 0.2) is 16.5 Å². The Balaban J connectivity index is 1.78. The lowest BCUT2D eigenvalue weighted by molar-refractivity contribution is -0.943. The van der Waals surface area contributed by atoms with Crippen LogP contribution in [0.2, 0.25) is 0 Å². The molecule has 0 saturated carbocycles. The van der Waals surface area contributed by atoms with E-state index in [0.717, 1.165) is 42.9 Å². The maximum Gasteiger partial charge on any atom is 0.202 e. The molecule has 1 aromatic rings. The highest BCUT2D eigenvalue weighted by Gasteiger charge is 2.35. The maximum absolute atomic E-state index is 11.7. The number of nitrogens with one attached hydrogen (secondary N) is 1. The zero-order valence-corrected chi connectivity index (χ0v) is 14.8. The molecule has 2 aliphatic rings. The summed E-state index contributed by atoms with van der Waals surface area (Å²) >= 11 is 5.59. The highest BCUT2D eigenvalue weighted by atomic mass is 32.2. The molecule has 3 rings (SSSR count). The first kappa shape index (κ1) is 16.1. The minimum atomic E-state index is -2.84. The summed E-state index contributed by atoms with van der Waals surface area (Å²) in [6, 6.07) is 0.179. The third kappa shape index (κ3) is 3.28. The third-order valence-electron chi connectivity index (χ3n) is 4.90. The van der Waals surface area contributed by atoms with Crippen molar-refractivity contribution in [2.75, 3.05) is 18.1 Å². The lowest BCUT2D eigenvalue weighted by Crippen LogP contribution is -3.15. The largest absolute Gasteiger partial charge is 0.313 e. The molecular weight excluding hydrogens is 320 g/mol. The van der Waals surface area contributed by atoms with Crippen molar-refractivity contribution in [3.05, 3.63) is 10.6 Å². The Morgan fingerprint density at radius 2 is 2.18 bits per heavy atom. The molecule has 1 saturated heterocycles. The average Bonchev–Trinajstić information content (AvgIpc) is 2.87. The molecule has 1 N–H and O–H groups in total. The first-order chi connectivity index (χ1) is 10.5. The normalized spacial score (nSPS) is 25.6. The van der Waals surface area contributed by atoms with E-state index in [1.54, 1.807) is 0 Å². The first-order valence-electron chi connectivity index (χ1n) is 8.21. The van der Waals surface area contributed by atoms with Crippen LogP contribution in [-0.4, -0.2) is 46.9 Å². The van der Waals surface area contributed by atoms with E-state index in [-0.39, 0.29) is 6.04 Å². The molecule has 0 spiro atoms. The van der Waals surface area contributed by atoms with Crippen molar-refractivity contribution >= 4 is 22.1 Å². The van der Waals surface area contributed by atoms with Crippen LogP contribution in [0.25, 0.3) is 0 Å². The molecule has 0 radical (unpaired) electrons. The molecule has 0 bridgehead atoms. The number of aromatic nitrogens is 3. The van der Waals surface area contributed by atoms with Gasteiger partial charge >= 0.3 is 0 Å². The van der Waals surface area contributed by atoms with Crippen LogP contribution in [0.4, 0.5) is 0 Å². The van der Waals surface area contributed by atoms with E-state index in [1.807, 2.05) is 4.68 Å². The number of sulfone groups is 1. The van der Waals surface area contributed by atoms with Crippen LogP contribution >= 0.6 is 12.2 Å². The first-order valence-corrected chi connectivity index (χ1v) is 10.4. The molecule has 124 valence electrons. The average molecular weight is 346 g/mol. The second kappa shape index (κ2) is 6.41. The van der Waals surface area contributed by atoms with E-state index in [2.05, 4.69) is 11.5 Å². The fourth-order valence-electron chi connectivity index (χ4n) is 3.57. The fraction of sp³-hybridized carbons (Fsp3) is 0.857. The van der Waals surface area contributed by atoms with Gasteiger partial charge in [0.2, 0.25) is 4.77 Å². The molecule has 1 fully saturated rings. The SMILES string of the molecule is CC[NH+](Cn1nc2n(c1=S)CCCCC2)[C@H]1CCS(=O)(=O)C1. The van der Waals surface area contributed by atoms with Crippen molar-refractivity contribution < 1.29 is 13.3 Å². The molecular formula is C14H25N4O2S2+. The zero-order chi connectivity index (χ0) is 15.7. The summed E-state index contributed by atoms with van der Waals surface area (Å²) in [5.41, 5.74) is 0. The van der Waals surface area contributed by atoms with Gasteiger partial charge in [-0.3, -0.25) is 0 Å². The van der Waals surface area contributed by atoms with Gasteiger partial charge in [0, 0.05) is 19.4 Å². The van der Waals surface area contributed by atoms with Crippen molar-refractivity contribution in [1.82, 2.24) is 14.3 Å². The fourth-order valence-corrected chi connectivity index (χ4v) is 5.69. The smallest absolute Gasteiger partial charge is 0.202 e. The quantitative estimate of drug-likeness (QED) is 0.792. The topological polar surface area (TPSA) is 61.3 Å². The monoisotopic (exact) mass is 345 g/mol. The van der Waals surface area contributed by atoms with E-state index < -0.39 is 9.84 Å². The predicted octanol–water partition coefficient (Wildman–Crippen LogP) is 0.190. The minimum Gasteiger partial charge on any atom is -0.313 e. The van der Waals surface area contributed by atoms with E-state index in [4.69, 9.17) is 17.3 Å². The van der Waals surface area contributed by atoms with Crippen LogP contribution in [0.3, 0.4) is 0 Å². The van der Waals surface area contributed by atoms with Crippen LogP contribution in [0.1, 0.15) is 38.4 Å². The van der Waals surface area contributed by atoms with Gasteiger partial charge in [-0.05, 0) is 32.0 Å². The van der Waals surface area contributed by atoms with Gasteiger partial charge in [0.25, 0.3) is 0 Å². The number of aryl methyl sites for hydroxylation is 1. The van der Waals surface area contributed by atoms with Crippen molar-refractivity contribution in [3.8, 4) is 0 Å². The number of quaternary nitrogens is 1. The van der Waals surface area contributed by atoms with E-state index in [1.165, 1.54) is 17.7 Å². The summed E-state index contributed by atoms with van der Waals surface area (Å²) in [6.07, 6.45) is 5.34. The van der Waals surface area contributed by atoms with Crippen molar-refractivity contribution in [2.24, 2.45) is 0 Å². The Kier molecular flexibility index (Phi) is 4.70. The summed E-state index contributed by atoms with van der Waals surface area (Å²) in [7, 11) is -2.84. The highest BCUT2D eigenvalue weighted by Crippen LogP contribution is 2.14. The van der Waals surface area contributed by atoms with Gasteiger partial charge in [-0.2, -0.15) is 9.78 Å². The summed E-state index contributed by atoms with van der Waals surface area (Å²) in [6.45, 7) is 4.64. The number of rotatable bonds is 4. The molecule has 1 aromatic heterocycles. The second-order valence-electron chi connectivity index (χ2n) is 6.43. The number of nitrogens with zero attached hydrogens (tertiary/aromatic N) is 3. The minimum absolute atomic E-state index is 0.179. The van der Waals surface area contributed by atoms with Gasteiger partial charge in [0.1, 0.15) is 17.6 Å². The zero-order valence-electron chi connectivity index (χ0n) is 13.1. The van der Waals surface area contributed by atoms with E-state index in [0.29, 0.717) is 18.2 Å². The number of hydrogen-bond donors (Lipinski definition) is 1. The molecule has 0 aromatic carbocycles. The number of fused-ring (bicyclic) bond motifs is 1. The standard InChI is InChI=1S/C14H24N4O2S2/c1-2-16(12-7-9-22(19,20)10-12)11-18-14(21)17-8-5-3-4-6-13(17)15-18/h12H,2-11H2,1H3/p+1/t12-/m0/s1. The maximum atomic E-state index is 11.7. The lowest BCUT2D eigenvalue weighted by Gasteiger charge is -2.23. The van der Waals surface area contributed by atoms with Gasteiger partial charge in [-0.25, -0.2) is 8.42 Å². The van der Waals surface area contributed by atoms with Crippen LogP contribution in [-0.2, 0) is 29.5 Å². The molecule has 6 nitrogen and oxygen atoms in total. The van der Waals surface area contributed by atoms with Crippen molar-refractivity contribution in [1.29, 1.82) is 0 Å². The molecule has 0 amide bonds. The summed E-state index contributed by atoms with van der Waals surface area (Å²) in [5.74, 6) is 1.72. The summed E-state index contributed by atoms with van der Waals surface area (Å²) < 4.78 is 28.3. The van der Waals surface area contributed by atoms with Gasteiger partial charge in [-0.15, -0.1) is 0 Å². The molecule has 2 aliphatic heterocycles. The van der Waals surface area contributed by atoms with Crippen LogP contribution < -0.4 is 4.90 Å². The van der Waals surface area contributed by atoms with Gasteiger partial charge in [0.05, 0.1) is 12.3 Å². The van der Waals surface area contributed by atoms with Crippen LogP contribution in [0, 0.1) is 4.77 Å². The molecule has 0 aliphatic carbocycles. The summed E-state index contributed by atoms with van der Waals surface area (Å²) in [5, 5.41) is 4.71. The highest BCUT2D eigenvalue weighted by molar-refractivity contribution is 7.91. The lowest BCUT2D eigenvalue weighted by atomic mass is 10.2. The Hall–Kier alpha value is -0.730. The molecule has 3 heterocycles. The molecule has 22 heavy (non-hydrogen) atoms. The van der Waals surface area contributed by atoms with Gasteiger partial charge < -0.3 is 9.47 Å². The molecule has 1 unspecified atom stereocenters. The molecule has 8 heteroatoms. The predicted molar refractivity (Wildman–Crippen MR) is 87.2 cm³/mol. The Morgan fingerprint density at radius 1 is 1.36 bits per heavy atom. The second-order valence-corrected chi connectivity index (χ2v) is 9.02. The summed E-state index contributed by atoms with van der Waals surface area (Å²) in [4.78, 5) is 1.27. The van der Waals surface area contributed by atoms with Crippen molar-refractivity contribution in [2.45, 2.75) is 58.3 Å². The van der Waals surface area contributed by atoms with Crippen LogP contribution in [0.15, 0.2) is 0 Å². The van der Waals surface area contributed by atoms with E-state index in [9.17, 15) is 8.42 Å². The Labute approximate surface area is 137 Å². The third-order valence-corrected chi connectivity index (χ3v) is 7.10. The van der Waals surface area contributed by atoms with E-state index >= 15 is 0 Å². The Bertz CT molecular complexity index is 692. The van der Waals surface area contributed by atoms with Crippen molar-refractivity contribution in [3.63, 3.8) is 0 Å². The number of hydrogen-bond acceptors (Lipinski definition) is 4. The van der Waals surface area contributed by atoms with Gasteiger partial charge in [-0.1, -0.05) is 6.42 Å². The molecule has 2 atom stereocenters. The Morgan fingerprint density at radius 3 is 2.86 bits per heavy atom. The van der Waals surface area contributed by atoms with Crippen LogP contribution in [0.5, 0.6) is 0 Å².